The van der Waals surface area contributed by atoms with Gasteiger partial charge in [-0.1, -0.05) is 91.9 Å². The van der Waals surface area contributed by atoms with Crippen LogP contribution < -0.4 is 5.32 Å². The highest BCUT2D eigenvalue weighted by Gasteiger charge is 2.41. The van der Waals surface area contributed by atoms with E-state index < -0.39 is 0 Å². The molecule has 3 aromatic carbocycles. The third kappa shape index (κ3) is 5.28. The van der Waals surface area contributed by atoms with E-state index in [2.05, 4.69) is 113 Å². The van der Waals surface area contributed by atoms with Gasteiger partial charge in [0.25, 0.3) is 0 Å². The molecule has 4 aromatic rings. The van der Waals surface area contributed by atoms with Crippen molar-refractivity contribution >= 4 is 5.91 Å². The quantitative estimate of drug-likeness (QED) is 0.308. The topological polar surface area (TPSA) is 50.2 Å². The van der Waals surface area contributed by atoms with Crippen LogP contribution in [0.25, 0.3) is 11.1 Å². The number of hydrogen-bond donors (Lipinski definition) is 1. The molecule has 1 amide bonds. The van der Waals surface area contributed by atoms with Crippen molar-refractivity contribution in [2.24, 2.45) is 5.92 Å². The number of carbonyl (C=O) groups is 1. The van der Waals surface area contributed by atoms with Crippen molar-refractivity contribution in [1.82, 2.24) is 20.0 Å². The second-order valence-electron chi connectivity index (χ2n) is 11.0. The van der Waals surface area contributed by atoms with Gasteiger partial charge in [-0.15, -0.1) is 0 Å². The Hall–Kier alpha value is -3.70. The number of aromatic nitrogens is 2. The van der Waals surface area contributed by atoms with Gasteiger partial charge in [-0.05, 0) is 47.4 Å². The van der Waals surface area contributed by atoms with Gasteiger partial charge in [-0.25, -0.2) is 0 Å². The number of nitrogens with one attached hydrogen (secondary N) is 1. The molecule has 39 heavy (non-hydrogen) atoms. The highest BCUT2D eigenvalue weighted by Crippen LogP contribution is 2.42. The van der Waals surface area contributed by atoms with E-state index in [-0.39, 0.29) is 23.8 Å². The third-order valence-corrected chi connectivity index (χ3v) is 8.63. The first kappa shape index (κ1) is 25.6. The first-order valence-electron chi connectivity index (χ1n) is 14.5. The largest absolute Gasteiger partial charge is 0.335 e. The summed E-state index contributed by atoms with van der Waals surface area (Å²) in [6.07, 6.45) is 7.11. The molecule has 2 aliphatic rings. The number of hydrogen-bond acceptors (Lipinski definition) is 3. The smallest absolute Gasteiger partial charge is 0.228 e. The lowest BCUT2D eigenvalue weighted by Gasteiger charge is -2.42. The first-order valence-corrected chi connectivity index (χ1v) is 14.5. The maximum Gasteiger partial charge on any atom is 0.228 e. The summed E-state index contributed by atoms with van der Waals surface area (Å²) in [5.74, 6) is 0.781. The summed E-state index contributed by atoms with van der Waals surface area (Å²) in [7, 11) is 0. The average molecular weight is 519 g/mol. The van der Waals surface area contributed by atoms with Crippen molar-refractivity contribution in [3.05, 3.63) is 114 Å². The zero-order chi connectivity index (χ0) is 26.6. The minimum atomic E-state index is -0.0867. The second-order valence-corrected chi connectivity index (χ2v) is 11.0. The van der Waals surface area contributed by atoms with E-state index in [0.29, 0.717) is 12.5 Å². The van der Waals surface area contributed by atoms with Crippen LogP contribution in [0, 0.1) is 5.92 Å². The zero-order valence-corrected chi connectivity index (χ0v) is 22.7. The lowest BCUT2D eigenvalue weighted by Crippen LogP contribution is -2.45. The zero-order valence-electron chi connectivity index (χ0n) is 22.7. The molecule has 2 saturated heterocycles. The van der Waals surface area contributed by atoms with E-state index >= 15 is 0 Å². The molecule has 3 heterocycles. The van der Waals surface area contributed by atoms with E-state index in [1.807, 2.05) is 10.9 Å². The summed E-state index contributed by atoms with van der Waals surface area (Å²) in [5, 5.41) is 8.15. The molecule has 0 spiro atoms. The number of nitrogens with zero attached hydrogens (tertiary/aromatic N) is 3. The van der Waals surface area contributed by atoms with Crippen LogP contribution in [-0.2, 0) is 11.3 Å². The van der Waals surface area contributed by atoms with Crippen molar-refractivity contribution in [3.63, 3.8) is 0 Å². The van der Waals surface area contributed by atoms with Gasteiger partial charge in [0.2, 0.25) is 5.91 Å². The Morgan fingerprint density at radius 2 is 1.64 bits per heavy atom. The number of rotatable bonds is 7. The highest BCUT2D eigenvalue weighted by atomic mass is 16.2. The lowest BCUT2D eigenvalue weighted by molar-refractivity contribution is -0.139. The molecule has 1 N–H and O–H groups in total. The fraction of sp³-hybridized carbons (Fsp3) is 0.353. The molecular weight excluding hydrogens is 480 g/mol. The van der Waals surface area contributed by atoms with Gasteiger partial charge in [-0.3, -0.25) is 9.48 Å². The molecule has 0 saturated carbocycles. The minimum Gasteiger partial charge on any atom is -0.335 e. The standard InChI is InChI=1S/C34H38N4O/c1-2-18-37-24-28(21-36-37)29-15-9-10-16-30(29)31-22-35-23-32(31)34(39)38-19-17-27(25-11-5-3-6-12-25)20-33(38)26-13-7-4-8-14-26/h3-16,21,24,27,31-33,35H,2,17-20,22-23H2,1H3/t27-,31-,32+,33+/m0/s1. The average Bonchev–Trinajstić information content (AvgIpc) is 3.68. The molecular formula is C34H38N4O. The van der Waals surface area contributed by atoms with E-state index in [4.69, 9.17) is 0 Å². The summed E-state index contributed by atoms with van der Waals surface area (Å²) < 4.78 is 2.02. The normalized spacial score (nSPS) is 23.2. The van der Waals surface area contributed by atoms with E-state index in [9.17, 15) is 4.79 Å². The lowest BCUT2D eigenvalue weighted by atomic mass is 9.80. The van der Waals surface area contributed by atoms with Crippen LogP contribution in [0.2, 0.25) is 0 Å². The molecule has 4 atom stereocenters. The van der Waals surface area contributed by atoms with Gasteiger partial charge in [-0.2, -0.15) is 5.10 Å². The van der Waals surface area contributed by atoms with E-state index in [1.165, 1.54) is 22.3 Å². The summed E-state index contributed by atoms with van der Waals surface area (Å²) in [6.45, 7) is 5.39. The number of carbonyl (C=O) groups excluding carboxylic acids is 1. The van der Waals surface area contributed by atoms with Crippen molar-refractivity contribution in [1.29, 1.82) is 0 Å². The van der Waals surface area contributed by atoms with Crippen LogP contribution in [0.1, 0.15) is 60.8 Å². The van der Waals surface area contributed by atoms with Crippen LogP contribution in [0.4, 0.5) is 0 Å². The van der Waals surface area contributed by atoms with Gasteiger partial charge in [0, 0.05) is 43.9 Å². The molecule has 0 unspecified atom stereocenters. The number of benzene rings is 3. The molecule has 5 nitrogen and oxygen atoms in total. The predicted molar refractivity (Wildman–Crippen MR) is 156 cm³/mol. The molecule has 2 aliphatic heterocycles. The Morgan fingerprint density at radius 3 is 2.41 bits per heavy atom. The highest BCUT2D eigenvalue weighted by molar-refractivity contribution is 5.82. The Morgan fingerprint density at radius 1 is 0.923 bits per heavy atom. The minimum absolute atomic E-state index is 0.0847. The van der Waals surface area contributed by atoms with Crippen molar-refractivity contribution < 1.29 is 4.79 Å². The molecule has 5 heteroatoms. The number of piperidine rings is 1. The molecule has 0 aliphatic carbocycles. The van der Waals surface area contributed by atoms with Crippen LogP contribution in [0.5, 0.6) is 0 Å². The van der Waals surface area contributed by atoms with Gasteiger partial charge in [0.15, 0.2) is 0 Å². The van der Waals surface area contributed by atoms with Crippen LogP contribution >= 0.6 is 0 Å². The monoisotopic (exact) mass is 518 g/mol. The maximum atomic E-state index is 14.4. The van der Waals surface area contributed by atoms with Gasteiger partial charge in [0.05, 0.1) is 18.2 Å². The van der Waals surface area contributed by atoms with Crippen LogP contribution in [0.15, 0.2) is 97.3 Å². The van der Waals surface area contributed by atoms with Crippen LogP contribution in [0.3, 0.4) is 0 Å². The summed E-state index contributed by atoms with van der Waals surface area (Å²) in [5.41, 5.74) is 6.17. The Balaban J connectivity index is 1.29. The van der Waals surface area contributed by atoms with Gasteiger partial charge in [0.1, 0.15) is 0 Å². The number of amides is 1. The molecule has 0 radical (unpaired) electrons. The first-order chi connectivity index (χ1) is 19.2. The summed E-state index contributed by atoms with van der Waals surface area (Å²) in [4.78, 5) is 16.6. The SMILES string of the molecule is CCCn1cc(-c2ccccc2[C@@H]2CNC[C@H]2C(=O)N2CC[C@H](c3ccccc3)C[C@@H]2c2ccccc2)cn1. The molecule has 6 rings (SSSR count). The van der Waals surface area contributed by atoms with Gasteiger partial charge >= 0.3 is 0 Å². The summed E-state index contributed by atoms with van der Waals surface area (Å²) in [6, 6.07) is 30.1. The van der Waals surface area contributed by atoms with Crippen molar-refractivity contribution in [2.75, 3.05) is 19.6 Å². The Bertz CT molecular complexity index is 1380. The molecule has 0 bridgehead atoms. The fourth-order valence-electron chi connectivity index (χ4n) is 6.66. The van der Waals surface area contributed by atoms with Gasteiger partial charge < -0.3 is 10.2 Å². The molecule has 2 fully saturated rings. The summed E-state index contributed by atoms with van der Waals surface area (Å²) >= 11 is 0. The Kier molecular flexibility index (Phi) is 7.60. The third-order valence-electron chi connectivity index (χ3n) is 8.63. The van der Waals surface area contributed by atoms with Crippen LogP contribution in [-0.4, -0.2) is 40.2 Å². The maximum absolute atomic E-state index is 14.4. The fourth-order valence-corrected chi connectivity index (χ4v) is 6.66. The molecule has 1 aromatic heterocycles. The predicted octanol–water partition coefficient (Wildman–Crippen LogP) is 6.41. The number of aryl methyl sites for hydroxylation is 1. The van der Waals surface area contributed by atoms with Crippen molar-refractivity contribution in [3.8, 4) is 11.1 Å². The second kappa shape index (κ2) is 11.6. The number of likely N-dealkylation sites (tertiary alicyclic amines) is 1. The van der Waals surface area contributed by atoms with E-state index in [1.54, 1.807) is 0 Å². The van der Waals surface area contributed by atoms with E-state index in [0.717, 1.165) is 44.5 Å². The van der Waals surface area contributed by atoms with Crippen molar-refractivity contribution in [2.45, 2.75) is 50.6 Å². The Labute approximate surface area is 231 Å². The molecule has 200 valence electrons.